The molecule has 0 aliphatic carbocycles. The predicted molar refractivity (Wildman–Crippen MR) is 120 cm³/mol. The Morgan fingerprint density at radius 2 is 1.76 bits per heavy atom. The van der Waals surface area contributed by atoms with E-state index in [1.54, 1.807) is 25.1 Å². The lowest BCUT2D eigenvalue weighted by molar-refractivity contribution is -0.122. The third kappa shape index (κ3) is 4.37. The van der Waals surface area contributed by atoms with Crippen LogP contribution < -0.4 is 15.0 Å². The number of hydrogen-bond donors (Lipinski definition) is 1. The fraction of sp³-hybridized carbons (Fsp3) is 0.105. The zero-order chi connectivity index (χ0) is 21.3. The highest BCUT2D eigenvalue weighted by atomic mass is 35.5. The summed E-state index contributed by atoms with van der Waals surface area (Å²) in [7, 11) is 0. The van der Waals surface area contributed by atoms with Crippen molar-refractivity contribution in [3.63, 3.8) is 0 Å². The summed E-state index contributed by atoms with van der Waals surface area (Å²) in [6, 6.07) is 7.83. The van der Waals surface area contributed by atoms with E-state index < -0.39 is 11.8 Å². The van der Waals surface area contributed by atoms with Crippen molar-refractivity contribution >= 4 is 87.3 Å². The number of halogens is 4. The SMILES string of the molecule is CCOc1c(Cl)cc(/C=C2\C(=O)NC(=S)N(c3cccc(Cl)c3Cl)C2=O)cc1Cl. The summed E-state index contributed by atoms with van der Waals surface area (Å²) in [5, 5.41) is 3.24. The first-order chi connectivity index (χ1) is 13.7. The van der Waals surface area contributed by atoms with Gasteiger partial charge < -0.3 is 4.74 Å². The summed E-state index contributed by atoms with van der Waals surface area (Å²) in [5.74, 6) is -0.995. The van der Waals surface area contributed by atoms with E-state index in [1.807, 2.05) is 0 Å². The van der Waals surface area contributed by atoms with E-state index in [1.165, 1.54) is 18.2 Å². The van der Waals surface area contributed by atoms with Crippen LogP contribution in [0, 0.1) is 0 Å². The van der Waals surface area contributed by atoms with Crippen LogP contribution in [-0.4, -0.2) is 23.5 Å². The molecule has 0 atom stereocenters. The number of nitrogens with zero attached hydrogens (tertiary/aromatic N) is 1. The predicted octanol–water partition coefficient (Wildman–Crippen LogP) is 5.53. The number of hydrogen-bond acceptors (Lipinski definition) is 4. The van der Waals surface area contributed by atoms with E-state index >= 15 is 0 Å². The average molecular weight is 490 g/mol. The van der Waals surface area contributed by atoms with E-state index in [2.05, 4.69) is 5.32 Å². The Morgan fingerprint density at radius 3 is 2.38 bits per heavy atom. The summed E-state index contributed by atoms with van der Waals surface area (Å²) in [6.45, 7) is 2.18. The molecular weight excluding hydrogens is 478 g/mol. The van der Waals surface area contributed by atoms with Crippen molar-refractivity contribution in [1.29, 1.82) is 0 Å². The number of carbonyl (C=O) groups excluding carboxylic acids is 2. The zero-order valence-electron chi connectivity index (χ0n) is 14.8. The van der Waals surface area contributed by atoms with E-state index in [9.17, 15) is 9.59 Å². The number of rotatable bonds is 4. The van der Waals surface area contributed by atoms with Crippen molar-refractivity contribution < 1.29 is 14.3 Å². The van der Waals surface area contributed by atoms with Gasteiger partial charge in [0, 0.05) is 0 Å². The monoisotopic (exact) mass is 488 g/mol. The molecule has 0 radical (unpaired) electrons. The van der Waals surface area contributed by atoms with Crippen molar-refractivity contribution in [3.8, 4) is 5.75 Å². The normalized spacial score (nSPS) is 15.7. The molecule has 2 aromatic carbocycles. The molecule has 1 aliphatic rings. The molecule has 3 rings (SSSR count). The highest BCUT2D eigenvalue weighted by Crippen LogP contribution is 2.36. The standard InChI is InChI=1S/C19H12Cl4N2O3S/c1-2-28-16-12(21)7-9(8-13(16)22)6-10-17(26)24-19(29)25(18(10)27)14-5-3-4-11(20)15(14)23/h3-8H,2H2,1H3,(H,24,26,29)/b10-6+. The number of nitrogens with one attached hydrogen (secondary N) is 1. The summed E-state index contributed by atoms with van der Waals surface area (Å²) in [6.07, 6.45) is 1.36. The first-order valence-electron chi connectivity index (χ1n) is 8.22. The molecule has 0 bridgehead atoms. The van der Waals surface area contributed by atoms with E-state index in [4.69, 9.17) is 63.4 Å². The maximum absolute atomic E-state index is 13.1. The third-order valence-electron chi connectivity index (χ3n) is 3.89. The maximum Gasteiger partial charge on any atom is 0.270 e. The minimum absolute atomic E-state index is 0.107. The molecule has 29 heavy (non-hydrogen) atoms. The highest BCUT2D eigenvalue weighted by Gasteiger charge is 2.35. The minimum Gasteiger partial charge on any atom is -0.491 e. The molecule has 1 heterocycles. The zero-order valence-corrected chi connectivity index (χ0v) is 18.6. The van der Waals surface area contributed by atoms with Crippen molar-refractivity contribution in [2.45, 2.75) is 6.92 Å². The van der Waals surface area contributed by atoms with Gasteiger partial charge in [-0.05, 0) is 55.0 Å². The maximum atomic E-state index is 13.1. The van der Waals surface area contributed by atoms with Crippen LogP contribution in [0.3, 0.4) is 0 Å². The largest absolute Gasteiger partial charge is 0.491 e. The van der Waals surface area contributed by atoms with Crippen LogP contribution in [0.4, 0.5) is 5.69 Å². The van der Waals surface area contributed by atoms with Gasteiger partial charge in [0.2, 0.25) is 0 Å². The van der Waals surface area contributed by atoms with Gasteiger partial charge in [-0.25, -0.2) is 0 Å². The second-order valence-corrected chi connectivity index (χ2v) is 7.76. The Kier molecular flexibility index (Phi) is 6.71. The van der Waals surface area contributed by atoms with Gasteiger partial charge >= 0.3 is 0 Å². The fourth-order valence-electron chi connectivity index (χ4n) is 2.65. The molecule has 1 fully saturated rings. The van der Waals surface area contributed by atoms with Crippen molar-refractivity contribution in [2.75, 3.05) is 11.5 Å². The number of carbonyl (C=O) groups is 2. The lowest BCUT2D eigenvalue weighted by Gasteiger charge is -2.29. The molecule has 10 heteroatoms. The fourth-order valence-corrected chi connectivity index (χ4v) is 3.92. The molecule has 0 aromatic heterocycles. The summed E-state index contributed by atoms with van der Waals surface area (Å²) in [5.41, 5.74) is 0.515. The third-order valence-corrected chi connectivity index (χ3v) is 5.55. The van der Waals surface area contributed by atoms with E-state index in [0.717, 1.165) is 4.90 Å². The lowest BCUT2D eigenvalue weighted by atomic mass is 10.1. The Labute approximate surface area is 192 Å². The van der Waals surface area contributed by atoms with E-state index in [0.29, 0.717) is 17.9 Å². The van der Waals surface area contributed by atoms with Crippen molar-refractivity contribution in [3.05, 3.63) is 61.6 Å². The number of anilines is 1. The Hall–Kier alpha value is -1.83. The quantitative estimate of drug-likeness (QED) is 0.348. The summed E-state index contributed by atoms with van der Waals surface area (Å²) >= 11 is 29.8. The second kappa shape index (κ2) is 8.90. The molecule has 1 saturated heterocycles. The van der Waals surface area contributed by atoms with Crippen molar-refractivity contribution in [2.24, 2.45) is 0 Å². The van der Waals surface area contributed by atoms with Crippen LogP contribution in [0.5, 0.6) is 5.75 Å². The molecule has 5 nitrogen and oxygen atoms in total. The molecular formula is C19H12Cl4N2O3S. The molecule has 150 valence electrons. The molecule has 1 N–H and O–H groups in total. The Morgan fingerprint density at radius 1 is 1.10 bits per heavy atom. The van der Waals surface area contributed by atoms with Gasteiger partial charge in [-0.2, -0.15) is 0 Å². The van der Waals surface area contributed by atoms with Crippen LogP contribution >= 0.6 is 58.6 Å². The lowest BCUT2D eigenvalue weighted by Crippen LogP contribution is -2.54. The molecule has 0 saturated carbocycles. The molecule has 1 aliphatic heterocycles. The van der Waals surface area contributed by atoms with E-state index in [-0.39, 0.29) is 36.5 Å². The van der Waals surface area contributed by atoms with Crippen molar-refractivity contribution in [1.82, 2.24) is 5.32 Å². The number of ether oxygens (including phenoxy) is 1. The van der Waals surface area contributed by atoms with Gasteiger partial charge in [0.15, 0.2) is 10.9 Å². The van der Waals surface area contributed by atoms with Crippen LogP contribution in [0.2, 0.25) is 20.1 Å². The van der Waals surface area contributed by atoms with Crippen LogP contribution in [0.15, 0.2) is 35.9 Å². The molecule has 2 aromatic rings. The Balaban J connectivity index is 2.05. The molecule has 0 unspecified atom stereocenters. The number of amides is 2. The minimum atomic E-state index is -0.663. The number of benzene rings is 2. The average Bonchev–Trinajstić information content (AvgIpc) is 2.65. The topological polar surface area (TPSA) is 58.6 Å². The smallest absolute Gasteiger partial charge is 0.270 e. The van der Waals surface area contributed by atoms with Crippen LogP contribution in [0.1, 0.15) is 12.5 Å². The summed E-state index contributed by atoms with van der Waals surface area (Å²) < 4.78 is 5.38. The van der Waals surface area contributed by atoms with Gasteiger partial charge in [0.25, 0.3) is 11.8 Å². The highest BCUT2D eigenvalue weighted by molar-refractivity contribution is 7.80. The van der Waals surface area contributed by atoms with Gasteiger partial charge in [-0.15, -0.1) is 0 Å². The molecule has 2 amide bonds. The van der Waals surface area contributed by atoms with Gasteiger partial charge in [0.05, 0.1) is 32.4 Å². The van der Waals surface area contributed by atoms with Gasteiger partial charge in [0.1, 0.15) is 5.57 Å². The van der Waals surface area contributed by atoms with Gasteiger partial charge in [-0.3, -0.25) is 19.8 Å². The summed E-state index contributed by atoms with van der Waals surface area (Å²) in [4.78, 5) is 26.6. The Bertz CT molecular complexity index is 1050. The van der Waals surface area contributed by atoms with Gasteiger partial charge in [-0.1, -0.05) is 52.5 Å². The number of thiocarbonyl (C=S) groups is 1. The van der Waals surface area contributed by atoms with Crippen LogP contribution in [-0.2, 0) is 9.59 Å². The van der Waals surface area contributed by atoms with Crippen LogP contribution in [0.25, 0.3) is 6.08 Å². The second-order valence-electron chi connectivity index (χ2n) is 5.78. The molecule has 0 spiro atoms. The first kappa shape index (κ1) is 21.9. The first-order valence-corrected chi connectivity index (χ1v) is 10.1.